The number of ether oxygens (including phenoxy) is 1. The number of rotatable bonds is 5. The van der Waals surface area contributed by atoms with E-state index in [1.54, 1.807) is 0 Å². The molecule has 1 aliphatic rings. The molecule has 4 nitrogen and oxygen atoms in total. The van der Waals surface area contributed by atoms with Crippen molar-refractivity contribution in [3.05, 3.63) is 47.3 Å². The minimum atomic E-state index is 0.212. The van der Waals surface area contributed by atoms with Crippen LogP contribution in [-0.2, 0) is 6.54 Å². The fourth-order valence-corrected chi connectivity index (χ4v) is 3.06. The lowest BCUT2D eigenvalue weighted by Gasteiger charge is -2.22. The number of hydrogen-bond acceptors (Lipinski definition) is 4. The lowest BCUT2D eigenvalue weighted by atomic mass is 10.1. The molecular weight excluding hydrogens is 276 g/mol. The molecule has 0 spiro atoms. The quantitative estimate of drug-likeness (QED) is 0.833. The average Bonchev–Trinajstić information content (AvgIpc) is 3.09. The fraction of sp³-hybridized carbons (Fsp3) is 0.500. The maximum absolute atomic E-state index is 5.70. The van der Waals surface area contributed by atoms with E-state index in [9.17, 15) is 0 Å². The second-order valence-electron chi connectivity index (χ2n) is 6.31. The predicted molar refractivity (Wildman–Crippen MR) is 85.8 cm³/mol. The van der Waals surface area contributed by atoms with E-state index >= 15 is 0 Å². The monoisotopic (exact) mass is 300 g/mol. The lowest BCUT2D eigenvalue weighted by molar-refractivity contribution is 0.206. The van der Waals surface area contributed by atoms with Crippen LogP contribution in [0.1, 0.15) is 49.7 Å². The first-order chi connectivity index (χ1) is 10.6. The number of hydrogen-bond donors (Lipinski definition) is 0. The first-order valence-corrected chi connectivity index (χ1v) is 8.04. The molecule has 118 valence electrons. The molecule has 1 fully saturated rings. The van der Waals surface area contributed by atoms with Gasteiger partial charge in [-0.15, -0.1) is 0 Å². The highest BCUT2D eigenvalue weighted by Gasteiger charge is 2.28. The van der Waals surface area contributed by atoms with Crippen molar-refractivity contribution in [3.8, 4) is 5.75 Å². The molecule has 1 aromatic heterocycles. The summed E-state index contributed by atoms with van der Waals surface area (Å²) in [4.78, 5) is 2.47. The Balaban J connectivity index is 1.66. The summed E-state index contributed by atoms with van der Waals surface area (Å²) in [5.74, 6) is 1.93. The normalized spacial score (nSPS) is 19.0. The second-order valence-corrected chi connectivity index (χ2v) is 6.31. The highest BCUT2D eigenvalue weighted by atomic mass is 16.5. The molecule has 0 bridgehead atoms. The van der Waals surface area contributed by atoms with Crippen molar-refractivity contribution in [2.45, 2.75) is 52.3 Å². The van der Waals surface area contributed by atoms with Gasteiger partial charge in [0.1, 0.15) is 5.75 Å². The Morgan fingerprint density at radius 1 is 1.32 bits per heavy atom. The number of aromatic nitrogens is 1. The van der Waals surface area contributed by atoms with E-state index in [1.165, 1.54) is 12.0 Å². The van der Waals surface area contributed by atoms with Crippen LogP contribution in [0.4, 0.5) is 0 Å². The van der Waals surface area contributed by atoms with Crippen LogP contribution in [0.25, 0.3) is 0 Å². The highest BCUT2D eigenvalue weighted by Crippen LogP contribution is 2.33. The van der Waals surface area contributed by atoms with Gasteiger partial charge in [0.25, 0.3) is 0 Å². The van der Waals surface area contributed by atoms with Crippen molar-refractivity contribution < 1.29 is 9.26 Å². The van der Waals surface area contributed by atoms with E-state index in [2.05, 4.69) is 40.4 Å². The smallest absolute Gasteiger partial charge is 0.154 e. The van der Waals surface area contributed by atoms with Crippen molar-refractivity contribution >= 4 is 0 Å². The summed E-state index contributed by atoms with van der Waals surface area (Å²) in [6.07, 6.45) is 2.56. The largest absolute Gasteiger partial charge is 0.491 e. The van der Waals surface area contributed by atoms with Crippen LogP contribution in [0.3, 0.4) is 0 Å². The average molecular weight is 300 g/mol. The zero-order chi connectivity index (χ0) is 15.5. The summed E-state index contributed by atoms with van der Waals surface area (Å²) in [6, 6.07) is 10.8. The van der Waals surface area contributed by atoms with Gasteiger partial charge in [-0.05, 0) is 57.9 Å². The van der Waals surface area contributed by atoms with E-state index in [4.69, 9.17) is 9.26 Å². The fourth-order valence-electron chi connectivity index (χ4n) is 3.06. The molecule has 2 heterocycles. The van der Waals surface area contributed by atoms with Crippen molar-refractivity contribution in [2.24, 2.45) is 0 Å². The number of likely N-dealkylation sites (tertiary alicyclic amines) is 1. The Morgan fingerprint density at radius 3 is 2.73 bits per heavy atom. The van der Waals surface area contributed by atoms with Gasteiger partial charge < -0.3 is 9.26 Å². The maximum Gasteiger partial charge on any atom is 0.154 e. The molecule has 0 unspecified atom stereocenters. The van der Waals surface area contributed by atoms with Gasteiger partial charge in [-0.3, -0.25) is 4.90 Å². The topological polar surface area (TPSA) is 38.5 Å². The van der Waals surface area contributed by atoms with E-state index in [1.807, 2.05) is 20.8 Å². The third-order valence-electron chi connectivity index (χ3n) is 4.02. The van der Waals surface area contributed by atoms with Crippen LogP contribution in [0.5, 0.6) is 5.75 Å². The molecule has 0 radical (unpaired) electrons. The Morgan fingerprint density at radius 2 is 2.09 bits per heavy atom. The first-order valence-electron chi connectivity index (χ1n) is 8.04. The zero-order valence-corrected chi connectivity index (χ0v) is 13.6. The summed E-state index contributed by atoms with van der Waals surface area (Å²) in [7, 11) is 0. The molecule has 0 aliphatic carbocycles. The molecule has 0 N–H and O–H groups in total. The van der Waals surface area contributed by atoms with Crippen molar-refractivity contribution in [2.75, 3.05) is 6.54 Å². The molecule has 1 aromatic carbocycles. The van der Waals surface area contributed by atoms with Gasteiger partial charge in [-0.1, -0.05) is 17.3 Å². The minimum Gasteiger partial charge on any atom is -0.491 e. The van der Waals surface area contributed by atoms with E-state index in [0.717, 1.165) is 36.7 Å². The highest BCUT2D eigenvalue weighted by molar-refractivity contribution is 5.27. The van der Waals surface area contributed by atoms with Crippen molar-refractivity contribution in [3.63, 3.8) is 0 Å². The molecule has 3 rings (SSSR count). The third-order valence-corrected chi connectivity index (χ3v) is 4.02. The molecule has 4 heteroatoms. The maximum atomic E-state index is 5.70. The number of aryl methyl sites for hydroxylation is 1. The van der Waals surface area contributed by atoms with E-state index in [-0.39, 0.29) is 6.10 Å². The zero-order valence-electron chi connectivity index (χ0n) is 13.6. The van der Waals surface area contributed by atoms with Gasteiger partial charge in [0.15, 0.2) is 5.76 Å². The number of nitrogens with zero attached hydrogens (tertiary/aromatic N) is 2. The molecular formula is C18H24N2O2. The molecule has 22 heavy (non-hydrogen) atoms. The van der Waals surface area contributed by atoms with Gasteiger partial charge in [-0.2, -0.15) is 0 Å². The SMILES string of the molecule is Cc1cc([C@@H]2CCCN2Cc2ccc(OC(C)C)cc2)on1. The van der Waals surface area contributed by atoms with E-state index < -0.39 is 0 Å². The van der Waals surface area contributed by atoms with Crippen LogP contribution in [-0.4, -0.2) is 22.7 Å². The summed E-state index contributed by atoms with van der Waals surface area (Å²) in [5, 5.41) is 4.02. The van der Waals surface area contributed by atoms with Gasteiger partial charge in [0.05, 0.1) is 17.8 Å². The predicted octanol–water partition coefficient (Wildman–Crippen LogP) is 4.11. The molecule has 2 aromatic rings. The second kappa shape index (κ2) is 6.53. The third kappa shape index (κ3) is 3.50. The molecule has 0 amide bonds. The lowest BCUT2D eigenvalue weighted by Crippen LogP contribution is -2.22. The Kier molecular flexibility index (Phi) is 4.48. The molecule has 1 saturated heterocycles. The standard InChI is InChI=1S/C18H24N2O2/c1-13(2)21-16-8-6-15(7-9-16)12-20-10-4-5-17(20)18-11-14(3)19-22-18/h6-9,11,13,17H,4-5,10,12H2,1-3H3/t17-/m0/s1. The van der Waals surface area contributed by atoms with Crippen molar-refractivity contribution in [1.29, 1.82) is 0 Å². The van der Waals surface area contributed by atoms with Gasteiger partial charge >= 0.3 is 0 Å². The van der Waals surface area contributed by atoms with Crippen LogP contribution in [0.15, 0.2) is 34.9 Å². The Hall–Kier alpha value is -1.81. The number of benzene rings is 1. The summed E-state index contributed by atoms with van der Waals surface area (Å²) in [6.45, 7) is 8.10. The van der Waals surface area contributed by atoms with Crippen molar-refractivity contribution in [1.82, 2.24) is 10.1 Å². The van der Waals surface area contributed by atoms with E-state index in [0.29, 0.717) is 6.04 Å². The van der Waals surface area contributed by atoms with Gasteiger partial charge in [0.2, 0.25) is 0 Å². The Labute approximate surface area is 132 Å². The summed E-state index contributed by atoms with van der Waals surface area (Å²) >= 11 is 0. The minimum absolute atomic E-state index is 0.212. The summed E-state index contributed by atoms with van der Waals surface area (Å²) in [5.41, 5.74) is 2.26. The molecule has 0 saturated carbocycles. The first kappa shape index (κ1) is 15.1. The van der Waals surface area contributed by atoms with Crippen LogP contribution < -0.4 is 4.74 Å². The Bertz CT molecular complexity index is 604. The van der Waals surface area contributed by atoms with Crippen LogP contribution in [0, 0.1) is 6.92 Å². The molecule has 1 aliphatic heterocycles. The van der Waals surface area contributed by atoms with Gasteiger partial charge in [-0.25, -0.2) is 0 Å². The van der Waals surface area contributed by atoms with Crippen LogP contribution >= 0.6 is 0 Å². The summed E-state index contributed by atoms with van der Waals surface area (Å²) < 4.78 is 11.2. The van der Waals surface area contributed by atoms with Crippen LogP contribution in [0.2, 0.25) is 0 Å². The van der Waals surface area contributed by atoms with Gasteiger partial charge in [0, 0.05) is 12.6 Å². The molecule has 1 atom stereocenters.